The number of nitrogens with zero attached hydrogens (tertiary/aromatic N) is 2. The van der Waals surface area contributed by atoms with E-state index in [0.717, 1.165) is 16.8 Å². The number of urea groups is 1. The monoisotopic (exact) mass is 406 g/mol. The summed E-state index contributed by atoms with van der Waals surface area (Å²) in [6, 6.07) is 16.2. The minimum Gasteiger partial charge on any atom is -0.449 e. The lowest BCUT2D eigenvalue weighted by molar-refractivity contribution is -0.127. The van der Waals surface area contributed by atoms with Crippen molar-refractivity contribution in [3.8, 4) is 16.9 Å². The van der Waals surface area contributed by atoms with Crippen LogP contribution >= 0.6 is 0 Å². The Kier molecular flexibility index (Phi) is 6.26. The Morgan fingerprint density at radius 1 is 1.03 bits per heavy atom. The molecule has 0 radical (unpaired) electrons. The van der Waals surface area contributed by atoms with E-state index in [1.54, 1.807) is 10.9 Å². The fourth-order valence-corrected chi connectivity index (χ4v) is 2.71. The highest BCUT2D eigenvalue weighted by molar-refractivity contribution is 6.00. The lowest BCUT2D eigenvalue weighted by atomic mass is 10.1. The van der Waals surface area contributed by atoms with Crippen molar-refractivity contribution in [2.24, 2.45) is 0 Å². The van der Waals surface area contributed by atoms with Gasteiger partial charge in [-0.25, -0.2) is 14.3 Å². The number of esters is 1. The van der Waals surface area contributed by atoms with Crippen molar-refractivity contribution in [1.82, 2.24) is 20.4 Å². The molecule has 1 aromatic heterocycles. The zero-order chi connectivity index (χ0) is 21.7. The molecule has 1 atom stereocenters. The van der Waals surface area contributed by atoms with E-state index < -0.39 is 24.0 Å². The first-order valence-electron chi connectivity index (χ1n) is 9.34. The first-order chi connectivity index (χ1) is 14.4. The van der Waals surface area contributed by atoms with Gasteiger partial charge in [0.2, 0.25) is 0 Å². The summed E-state index contributed by atoms with van der Waals surface area (Å²) < 4.78 is 6.88. The normalized spacial score (nSPS) is 11.4. The van der Waals surface area contributed by atoms with Gasteiger partial charge < -0.3 is 10.1 Å². The number of aromatic nitrogens is 2. The van der Waals surface area contributed by atoms with Gasteiger partial charge in [0.25, 0.3) is 5.91 Å². The average Bonchev–Trinajstić information content (AvgIpc) is 3.20. The average molecular weight is 406 g/mol. The Morgan fingerprint density at radius 2 is 1.70 bits per heavy atom. The highest BCUT2D eigenvalue weighted by Crippen LogP contribution is 2.25. The predicted octanol–water partition coefficient (Wildman–Crippen LogP) is 2.85. The maximum absolute atomic E-state index is 12.9. The van der Waals surface area contributed by atoms with Gasteiger partial charge in [-0.2, -0.15) is 5.10 Å². The minimum absolute atomic E-state index is 0.210. The van der Waals surface area contributed by atoms with Gasteiger partial charge in [0.05, 0.1) is 5.69 Å². The van der Waals surface area contributed by atoms with Crippen LogP contribution in [-0.4, -0.2) is 40.8 Å². The summed E-state index contributed by atoms with van der Waals surface area (Å²) in [6.45, 7) is 3.36. The summed E-state index contributed by atoms with van der Waals surface area (Å²) in [6.07, 6.45) is 0.400. The van der Waals surface area contributed by atoms with Crippen molar-refractivity contribution < 1.29 is 19.1 Å². The Balaban J connectivity index is 1.92. The predicted molar refractivity (Wildman–Crippen MR) is 111 cm³/mol. The van der Waals surface area contributed by atoms with E-state index in [1.165, 1.54) is 14.0 Å². The third-order valence-electron chi connectivity index (χ3n) is 4.40. The Morgan fingerprint density at radius 3 is 2.33 bits per heavy atom. The number of imide groups is 1. The van der Waals surface area contributed by atoms with Crippen LogP contribution in [0.2, 0.25) is 0 Å². The van der Waals surface area contributed by atoms with Crippen LogP contribution in [0.15, 0.2) is 60.8 Å². The molecule has 2 aromatic carbocycles. The highest BCUT2D eigenvalue weighted by atomic mass is 16.5. The van der Waals surface area contributed by atoms with Gasteiger partial charge in [-0.1, -0.05) is 48.0 Å². The molecule has 0 aliphatic heterocycles. The molecule has 0 saturated heterocycles. The molecule has 3 amide bonds. The van der Waals surface area contributed by atoms with Crippen LogP contribution in [-0.2, 0) is 9.53 Å². The van der Waals surface area contributed by atoms with Crippen LogP contribution in [0, 0.1) is 6.92 Å². The topological polar surface area (TPSA) is 102 Å². The van der Waals surface area contributed by atoms with Crippen LogP contribution in [0.5, 0.6) is 0 Å². The minimum atomic E-state index is -1.17. The molecular weight excluding hydrogens is 384 g/mol. The lowest BCUT2D eigenvalue weighted by Gasteiger charge is -2.12. The molecule has 2 N–H and O–H groups in total. The molecule has 0 unspecified atom stereocenters. The van der Waals surface area contributed by atoms with Gasteiger partial charge in [-0.3, -0.25) is 10.1 Å². The molecule has 0 bridgehead atoms. The molecule has 1 heterocycles. The van der Waals surface area contributed by atoms with E-state index in [0.29, 0.717) is 5.69 Å². The molecular formula is C22H22N4O4. The maximum Gasteiger partial charge on any atom is 0.342 e. The van der Waals surface area contributed by atoms with Gasteiger partial charge >= 0.3 is 12.0 Å². The number of carbonyl (C=O) groups is 3. The summed E-state index contributed by atoms with van der Waals surface area (Å²) >= 11 is 0. The van der Waals surface area contributed by atoms with Crippen molar-refractivity contribution in [2.75, 3.05) is 7.05 Å². The van der Waals surface area contributed by atoms with Gasteiger partial charge in [0.1, 0.15) is 11.3 Å². The number of nitrogens with one attached hydrogen (secondary N) is 2. The fourth-order valence-electron chi connectivity index (χ4n) is 2.71. The van der Waals surface area contributed by atoms with Gasteiger partial charge in [-0.15, -0.1) is 0 Å². The van der Waals surface area contributed by atoms with Crippen LogP contribution in [0.4, 0.5) is 4.79 Å². The number of ether oxygens (including phenoxy) is 1. The number of amides is 3. The summed E-state index contributed by atoms with van der Waals surface area (Å²) in [4.78, 5) is 36.2. The van der Waals surface area contributed by atoms with E-state index in [4.69, 9.17) is 4.74 Å². The van der Waals surface area contributed by atoms with Gasteiger partial charge in [0, 0.05) is 18.8 Å². The smallest absolute Gasteiger partial charge is 0.342 e. The molecule has 8 nitrogen and oxygen atoms in total. The second-order valence-electron chi connectivity index (χ2n) is 6.65. The summed E-state index contributed by atoms with van der Waals surface area (Å²) in [7, 11) is 1.38. The van der Waals surface area contributed by atoms with E-state index in [1.807, 2.05) is 61.5 Å². The second-order valence-corrected chi connectivity index (χ2v) is 6.65. The number of benzene rings is 2. The van der Waals surface area contributed by atoms with Crippen molar-refractivity contribution in [3.63, 3.8) is 0 Å². The van der Waals surface area contributed by atoms with Crippen molar-refractivity contribution >= 4 is 17.9 Å². The largest absolute Gasteiger partial charge is 0.449 e. The Hall–Kier alpha value is -3.94. The van der Waals surface area contributed by atoms with E-state index in [2.05, 4.69) is 15.7 Å². The van der Waals surface area contributed by atoms with Crippen molar-refractivity contribution in [1.29, 1.82) is 0 Å². The van der Waals surface area contributed by atoms with Crippen LogP contribution < -0.4 is 10.6 Å². The number of para-hydroxylation sites is 1. The van der Waals surface area contributed by atoms with E-state index >= 15 is 0 Å². The fraction of sp³-hybridized carbons (Fsp3) is 0.182. The zero-order valence-electron chi connectivity index (χ0n) is 16.9. The number of hydrogen-bond acceptors (Lipinski definition) is 5. The van der Waals surface area contributed by atoms with Crippen LogP contribution in [0.25, 0.3) is 16.9 Å². The van der Waals surface area contributed by atoms with Crippen LogP contribution in [0.3, 0.4) is 0 Å². The molecule has 0 aliphatic rings. The molecule has 154 valence electrons. The van der Waals surface area contributed by atoms with Gasteiger partial charge in [-0.05, 0) is 26.0 Å². The molecule has 0 aliphatic carbocycles. The summed E-state index contributed by atoms with van der Waals surface area (Å²) in [5, 5.41) is 8.92. The molecule has 3 aromatic rings. The number of hydrogen-bond donors (Lipinski definition) is 2. The standard InChI is InChI=1S/C22H22N4O4/c1-14-9-11-16(12-10-14)19-18(13-26(25-19)17-7-5-4-6-8-17)21(28)30-15(2)20(27)24-22(29)23-3/h4-13,15H,1-3H3,(H2,23,24,27,29)/t15-/m0/s1. The van der Waals surface area contributed by atoms with Crippen molar-refractivity contribution in [3.05, 3.63) is 71.9 Å². The Labute approximate surface area is 173 Å². The van der Waals surface area contributed by atoms with Gasteiger partial charge in [0.15, 0.2) is 6.10 Å². The summed E-state index contributed by atoms with van der Waals surface area (Å²) in [5.41, 5.74) is 3.23. The zero-order valence-corrected chi connectivity index (χ0v) is 16.9. The quantitative estimate of drug-likeness (QED) is 0.635. The SMILES string of the molecule is CNC(=O)NC(=O)[C@H](C)OC(=O)c1cn(-c2ccccc2)nc1-c1ccc(C)cc1. The number of carbonyl (C=O) groups excluding carboxylic acids is 3. The lowest BCUT2D eigenvalue weighted by Crippen LogP contribution is -2.43. The number of aryl methyl sites for hydroxylation is 1. The highest BCUT2D eigenvalue weighted by Gasteiger charge is 2.25. The van der Waals surface area contributed by atoms with E-state index in [9.17, 15) is 14.4 Å². The molecule has 0 saturated carbocycles. The molecule has 8 heteroatoms. The molecule has 30 heavy (non-hydrogen) atoms. The van der Waals surface area contributed by atoms with Crippen LogP contribution in [0.1, 0.15) is 22.8 Å². The third kappa shape index (κ3) is 4.72. The Bertz CT molecular complexity index is 1060. The second kappa shape index (κ2) is 9.04. The first-order valence-corrected chi connectivity index (χ1v) is 9.34. The number of rotatable bonds is 5. The summed E-state index contributed by atoms with van der Waals surface area (Å²) in [5.74, 6) is -1.44. The maximum atomic E-state index is 12.9. The van der Waals surface area contributed by atoms with Crippen molar-refractivity contribution in [2.45, 2.75) is 20.0 Å². The first kappa shape index (κ1) is 20.8. The molecule has 3 rings (SSSR count). The van der Waals surface area contributed by atoms with E-state index in [-0.39, 0.29) is 5.56 Å². The third-order valence-corrected chi connectivity index (χ3v) is 4.40. The molecule has 0 fully saturated rings. The molecule has 0 spiro atoms.